The molecule has 0 atom stereocenters. The number of hydrogen-bond acceptors (Lipinski definition) is 7. The maximum Gasteiger partial charge on any atom is 0.285 e. The number of fused-ring (bicyclic) bond motifs is 1. The maximum atomic E-state index is 12.6. The third-order valence-corrected chi connectivity index (χ3v) is 3.98. The van der Waals surface area contributed by atoms with E-state index >= 15 is 0 Å². The van der Waals surface area contributed by atoms with Gasteiger partial charge in [0.05, 0.1) is 23.0 Å². The summed E-state index contributed by atoms with van der Waals surface area (Å²) in [5, 5.41) is 30.8. The quantitative estimate of drug-likeness (QED) is 0.301. The summed E-state index contributed by atoms with van der Waals surface area (Å²) in [5.41, 5.74) is 0.440. The summed E-state index contributed by atoms with van der Waals surface area (Å²) < 4.78 is 2.54. The lowest BCUT2D eigenvalue weighted by Gasteiger charge is -2.06. The van der Waals surface area contributed by atoms with Crippen LogP contribution in [0.3, 0.4) is 0 Å². The number of nitro benzene ring substituents is 1. The molecule has 0 radical (unpaired) electrons. The third kappa shape index (κ3) is 2.98. The minimum Gasteiger partial charge on any atom is -0.868 e. The van der Waals surface area contributed by atoms with E-state index in [0.717, 1.165) is 22.5 Å². The Kier molecular flexibility index (Phi) is 4.13. The highest BCUT2D eigenvalue weighted by molar-refractivity contribution is 5.81. The van der Waals surface area contributed by atoms with Crippen molar-refractivity contribution in [3.63, 3.8) is 0 Å². The smallest absolute Gasteiger partial charge is 0.285 e. The highest BCUT2D eigenvalue weighted by Gasteiger charge is 2.11. The first-order valence-electron chi connectivity index (χ1n) is 8.05. The van der Waals surface area contributed by atoms with Crippen molar-refractivity contribution in [2.75, 3.05) is 0 Å². The normalized spacial score (nSPS) is 11.3. The molecule has 0 aliphatic rings. The predicted molar refractivity (Wildman–Crippen MR) is 98.7 cm³/mol. The molecule has 0 saturated carbocycles. The van der Waals surface area contributed by atoms with Gasteiger partial charge in [-0.05, 0) is 17.9 Å². The molecule has 0 bridgehead atoms. The van der Waals surface area contributed by atoms with E-state index in [1.165, 1.54) is 24.8 Å². The molecule has 2 aromatic carbocycles. The van der Waals surface area contributed by atoms with E-state index < -0.39 is 21.9 Å². The number of hydrogen-bond donors (Lipinski definition) is 0. The number of nitrogens with zero attached hydrogens (tertiary/aromatic N) is 6. The van der Waals surface area contributed by atoms with Crippen molar-refractivity contribution in [2.45, 2.75) is 0 Å². The first-order valence-corrected chi connectivity index (χ1v) is 8.05. The zero-order chi connectivity index (χ0) is 19.7. The van der Waals surface area contributed by atoms with Gasteiger partial charge in [-0.15, -0.1) is 0 Å². The lowest BCUT2D eigenvalue weighted by atomic mass is 10.2. The molecule has 0 spiro atoms. The van der Waals surface area contributed by atoms with Crippen LogP contribution in [0.1, 0.15) is 5.56 Å². The number of benzene rings is 2. The van der Waals surface area contributed by atoms with Gasteiger partial charge in [0.25, 0.3) is 11.2 Å². The van der Waals surface area contributed by atoms with Gasteiger partial charge in [0, 0.05) is 11.6 Å². The van der Waals surface area contributed by atoms with Crippen LogP contribution in [0.4, 0.5) is 5.69 Å². The van der Waals surface area contributed by atoms with Gasteiger partial charge in [-0.1, -0.05) is 30.3 Å². The minimum atomic E-state index is -0.766. The van der Waals surface area contributed by atoms with Crippen LogP contribution in [0, 0.1) is 10.1 Å². The summed E-state index contributed by atoms with van der Waals surface area (Å²) in [5.74, 6) is -0.698. The van der Waals surface area contributed by atoms with Gasteiger partial charge >= 0.3 is 0 Å². The molecule has 0 unspecified atom stereocenters. The molecule has 10 heteroatoms. The van der Waals surface area contributed by atoms with Crippen molar-refractivity contribution >= 4 is 22.9 Å². The van der Waals surface area contributed by atoms with Crippen molar-refractivity contribution in [1.82, 2.24) is 19.4 Å². The van der Waals surface area contributed by atoms with Gasteiger partial charge in [-0.25, -0.2) is 9.67 Å². The van der Waals surface area contributed by atoms with Gasteiger partial charge in [-0.3, -0.25) is 14.9 Å². The number of aromatic nitrogens is 4. The maximum absolute atomic E-state index is 12.6. The second-order valence-corrected chi connectivity index (χ2v) is 5.75. The SMILES string of the molecule is O=c1c2cnn(-c3ccccc3)c2ncn1/N=C\c1ccc([O-])c([N+](=O)[O-])c1. The van der Waals surface area contributed by atoms with Crippen LogP contribution >= 0.6 is 0 Å². The Morgan fingerprint density at radius 2 is 1.93 bits per heavy atom. The molecule has 2 heterocycles. The lowest BCUT2D eigenvalue weighted by Crippen LogP contribution is -2.17. The molecule has 0 aliphatic heterocycles. The summed E-state index contributed by atoms with van der Waals surface area (Å²) in [4.78, 5) is 27.0. The Balaban J connectivity index is 1.72. The van der Waals surface area contributed by atoms with E-state index in [1.54, 1.807) is 4.68 Å². The molecule has 4 aromatic rings. The molecule has 0 amide bonds. The van der Waals surface area contributed by atoms with E-state index in [0.29, 0.717) is 11.2 Å². The summed E-state index contributed by atoms with van der Waals surface area (Å²) in [7, 11) is 0. The fourth-order valence-electron chi connectivity index (χ4n) is 2.63. The van der Waals surface area contributed by atoms with E-state index in [-0.39, 0.29) is 5.39 Å². The topological polar surface area (TPSA) is 131 Å². The van der Waals surface area contributed by atoms with Crippen molar-refractivity contribution in [1.29, 1.82) is 0 Å². The van der Waals surface area contributed by atoms with E-state index in [4.69, 9.17) is 0 Å². The van der Waals surface area contributed by atoms with E-state index in [1.807, 2.05) is 30.3 Å². The Labute approximate surface area is 156 Å². The first kappa shape index (κ1) is 17.1. The van der Waals surface area contributed by atoms with Gasteiger partial charge in [0.1, 0.15) is 11.7 Å². The third-order valence-electron chi connectivity index (χ3n) is 3.98. The van der Waals surface area contributed by atoms with Crippen LogP contribution < -0.4 is 10.7 Å². The average molecular weight is 375 g/mol. The van der Waals surface area contributed by atoms with Crippen molar-refractivity contribution in [3.8, 4) is 11.4 Å². The zero-order valence-electron chi connectivity index (χ0n) is 14.2. The van der Waals surface area contributed by atoms with Crippen LogP contribution in [0.2, 0.25) is 0 Å². The molecule has 28 heavy (non-hydrogen) atoms. The van der Waals surface area contributed by atoms with E-state index in [9.17, 15) is 20.0 Å². The Bertz CT molecular complexity index is 1280. The minimum absolute atomic E-state index is 0.268. The predicted octanol–water partition coefficient (Wildman–Crippen LogP) is 1.45. The van der Waals surface area contributed by atoms with Crippen molar-refractivity contribution in [2.24, 2.45) is 5.10 Å². The molecule has 0 fully saturated rings. The monoisotopic (exact) mass is 375 g/mol. The van der Waals surface area contributed by atoms with Crippen LogP contribution in [0.15, 0.2) is 71.0 Å². The number of para-hydroxylation sites is 1. The Morgan fingerprint density at radius 3 is 2.68 bits per heavy atom. The molecule has 0 aliphatic carbocycles. The molecule has 138 valence electrons. The molecular weight excluding hydrogens is 364 g/mol. The molecule has 10 nitrogen and oxygen atoms in total. The van der Waals surface area contributed by atoms with Crippen LogP contribution in [0.5, 0.6) is 5.75 Å². The highest BCUT2D eigenvalue weighted by Crippen LogP contribution is 2.23. The van der Waals surface area contributed by atoms with Crippen LogP contribution in [0.25, 0.3) is 16.7 Å². The molecule has 4 rings (SSSR count). The number of nitro groups is 1. The van der Waals surface area contributed by atoms with Crippen molar-refractivity contribution in [3.05, 3.63) is 87.1 Å². The Hall–Kier alpha value is -4.34. The summed E-state index contributed by atoms with van der Waals surface area (Å²) in [6.45, 7) is 0. The summed E-state index contributed by atoms with van der Waals surface area (Å²) in [6.07, 6.45) is 3.88. The highest BCUT2D eigenvalue weighted by atomic mass is 16.6. The summed E-state index contributed by atoms with van der Waals surface area (Å²) >= 11 is 0. The molecule has 0 N–H and O–H groups in total. The first-order chi connectivity index (χ1) is 13.5. The molecule has 0 saturated heterocycles. The summed E-state index contributed by atoms with van der Waals surface area (Å²) in [6, 6.07) is 12.8. The van der Waals surface area contributed by atoms with Crippen LogP contribution in [-0.4, -0.2) is 30.6 Å². The molecule has 2 aromatic heterocycles. The van der Waals surface area contributed by atoms with Gasteiger partial charge in [0.2, 0.25) is 0 Å². The fourth-order valence-corrected chi connectivity index (χ4v) is 2.63. The largest absolute Gasteiger partial charge is 0.868 e. The van der Waals surface area contributed by atoms with Crippen molar-refractivity contribution < 1.29 is 10.0 Å². The standard InChI is InChI=1S/C18H12N6O4/c25-16-7-6-12(8-15(16)24(27)28)9-20-22-11-19-17-14(18(22)26)10-21-23(17)13-4-2-1-3-5-13/h1-11,25H/p-1/b20-9-. The second-order valence-electron chi connectivity index (χ2n) is 5.75. The Morgan fingerprint density at radius 1 is 1.14 bits per heavy atom. The van der Waals surface area contributed by atoms with Gasteiger partial charge in [0.15, 0.2) is 5.65 Å². The van der Waals surface area contributed by atoms with Gasteiger partial charge in [-0.2, -0.15) is 14.9 Å². The van der Waals surface area contributed by atoms with Gasteiger partial charge < -0.3 is 5.11 Å². The number of rotatable bonds is 4. The zero-order valence-corrected chi connectivity index (χ0v) is 14.2. The fraction of sp³-hybridized carbons (Fsp3) is 0. The average Bonchev–Trinajstić information content (AvgIpc) is 3.14. The van der Waals surface area contributed by atoms with E-state index in [2.05, 4.69) is 15.2 Å². The van der Waals surface area contributed by atoms with Crippen LogP contribution in [-0.2, 0) is 0 Å². The second kappa shape index (κ2) is 6.76. The molecular formula is C18H11N6O4-. The lowest BCUT2D eigenvalue weighted by molar-refractivity contribution is -0.398.